The Balaban J connectivity index is 4.72. The van der Waals surface area contributed by atoms with Crippen LogP contribution in [0.15, 0.2) is 0 Å². The Bertz CT molecular complexity index is 290. The third-order valence-corrected chi connectivity index (χ3v) is 1.90. The Labute approximate surface area is 96.1 Å². The van der Waals surface area contributed by atoms with Crippen LogP contribution in [0.25, 0.3) is 0 Å². The predicted molar refractivity (Wildman–Crippen MR) is 51.3 cm³/mol. The molecule has 0 aromatic carbocycles. The summed E-state index contributed by atoms with van der Waals surface area (Å²) in [6.07, 6.45) is -5.44. The maximum Gasteiger partial charge on any atom is 0.471 e. The van der Waals surface area contributed by atoms with Crippen LogP contribution in [0.3, 0.4) is 0 Å². The van der Waals surface area contributed by atoms with Crippen molar-refractivity contribution in [2.24, 2.45) is 0 Å². The number of halogens is 3. The lowest BCUT2D eigenvalue weighted by atomic mass is 10.2. The highest BCUT2D eigenvalue weighted by atomic mass is 19.4. The molecule has 0 heterocycles. The van der Waals surface area contributed by atoms with Crippen LogP contribution in [-0.4, -0.2) is 53.9 Å². The average Bonchev–Trinajstić information content (AvgIpc) is 2.13. The molecule has 0 aromatic rings. The number of aliphatic carboxylic acids is 1. The number of carboxylic acid groups (broad SMARTS) is 1. The van der Waals surface area contributed by atoms with E-state index in [0.29, 0.717) is 0 Å². The van der Waals surface area contributed by atoms with E-state index in [0.717, 1.165) is 7.05 Å². The van der Waals surface area contributed by atoms with Crippen molar-refractivity contribution in [2.75, 3.05) is 13.7 Å². The molecule has 17 heavy (non-hydrogen) atoms. The van der Waals surface area contributed by atoms with Gasteiger partial charge in [0.15, 0.2) is 6.04 Å². The fourth-order valence-electron chi connectivity index (χ4n) is 0.974. The van der Waals surface area contributed by atoms with E-state index < -0.39 is 30.7 Å². The fraction of sp³-hybridized carbons (Fsp3) is 0.778. The molecule has 0 radical (unpaired) electrons. The summed E-state index contributed by atoms with van der Waals surface area (Å²) < 4.78 is 41.2. The molecule has 0 aliphatic carbocycles. The first-order valence-corrected chi connectivity index (χ1v) is 4.75. The maximum atomic E-state index is 12.1. The number of nitrogens with zero attached hydrogens (tertiary/aromatic N) is 1. The molecule has 1 amide bonds. The second-order valence-corrected chi connectivity index (χ2v) is 3.65. The highest BCUT2D eigenvalue weighted by Crippen LogP contribution is 2.19. The summed E-state index contributed by atoms with van der Waals surface area (Å²) in [5.74, 6) is -3.76. The van der Waals surface area contributed by atoms with Gasteiger partial charge >= 0.3 is 18.1 Å². The van der Waals surface area contributed by atoms with Crippen molar-refractivity contribution in [1.29, 1.82) is 0 Å². The van der Waals surface area contributed by atoms with E-state index in [1.165, 1.54) is 0 Å². The molecule has 0 saturated carbocycles. The standard InChI is InChI=1S/C9H14F3NO4/c1-5(2)17-4-6(7(14)15)13(3)8(16)9(10,11)12/h5-6H,4H2,1-3H3,(H,14,15). The first kappa shape index (κ1) is 15.7. The number of carbonyl (C=O) groups is 2. The third-order valence-electron chi connectivity index (χ3n) is 1.90. The second-order valence-electron chi connectivity index (χ2n) is 3.65. The predicted octanol–water partition coefficient (Wildman–Crippen LogP) is 0.885. The van der Waals surface area contributed by atoms with Gasteiger partial charge in [-0.1, -0.05) is 0 Å². The highest BCUT2D eigenvalue weighted by Gasteiger charge is 2.44. The molecular weight excluding hydrogens is 243 g/mol. The van der Waals surface area contributed by atoms with Gasteiger partial charge in [-0.05, 0) is 13.8 Å². The number of carboxylic acids is 1. The molecule has 0 bridgehead atoms. The molecule has 8 heteroatoms. The molecule has 0 spiro atoms. The number of amides is 1. The summed E-state index contributed by atoms with van der Waals surface area (Å²) in [5, 5.41) is 8.73. The zero-order valence-electron chi connectivity index (χ0n) is 9.61. The summed E-state index contributed by atoms with van der Waals surface area (Å²) in [6.45, 7) is 2.71. The van der Waals surface area contributed by atoms with Gasteiger partial charge in [0, 0.05) is 7.05 Å². The highest BCUT2D eigenvalue weighted by molar-refractivity contribution is 5.86. The van der Waals surface area contributed by atoms with Crippen LogP contribution in [0.5, 0.6) is 0 Å². The molecule has 0 aromatic heterocycles. The number of rotatable bonds is 5. The monoisotopic (exact) mass is 257 g/mol. The van der Waals surface area contributed by atoms with E-state index in [-0.39, 0.29) is 11.0 Å². The summed E-state index contributed by atoms with van der Waals surface area (Å²) in [6, 6.07) is -1.66. The van der Waals surface area contributed by atoms with E-state index in [1.54, 1.807) is 13.8 Å². The second kappa shape index (κ2) is 5.85. The summed E-state index contributed by atoms with van der Waals surface area (Å²) in [5.41, 5.74) is 0. The molecule has 0 fully saturated rings. The SMILES string of the molecule is CC(C)OCC(C(=O)O)N(C)C(=O)C(F)(F)F. The van der Waals surface area contributed by atoms with Crippen molar-refractivity contribution in [2.45, 2.75) is 32.2 Å². The van der Waals surface area contributed by atoms with Crippen molar-refractivity contribution in [1.82, 2.24) is 4.90 Å². The molecule has 0 rings (SSSR count). The fourth-order valence-corrected chi connectivity index (χ4v) is 0.974. The normalized spacial score (nSPS) is 13.6. The van der Waals surface area contributed by atoms with Crippen molar-refractivity contribution in [3.63, 3.8) is 0 Å². The number of likely N-dealkylation sites (N-methyl/N-ethyl adjacent to an activating group) is 1. The van der Waals surface area contributed by atoms with E-state index >= 15 is 0 Å². The minimum atomic E-state index is -5.10. The van der Waals surface area contributed by atoms with Crippen LogP contribution in [-0.2, 0) is 14.3 Å². The van der Waals surface area contributed by atoms with Gasteiger partial charge in [0.2, 0.25) is 0 Å². The molecule has 0 aliphatic heterocycles. The zero-order chi connectivity index (χ0) is 13.8. The molecule has 5 nitrogen and oxygen atoms in total. The third kappa shape index (κ3) is 5.03. The minimum absolute atomic E-state index is 0.116. The van der Waals surface area contributed by atoms with Crippen LogP contribution in [0.1, 0.15) is 13.8 Å². The molecule has 1 unspecified atom stereocenters. The molecular formula is C9H14F3NO4. The zero-order valence-corrected chi connectivity index (χ0v) is 9.61. The summed E-state index contributed by atoms with van der Waals surface area (Å²) in [4.78, 5) is 21.7. The summed E-state index contributed by atoms with van der Waals surface area (Å²) >= 11 is 0. The first-order valence-electron chi connectivity index (χ1n) is 4.75. The minimum Gasteiger partial charge on any atom is -0.480 e. The van der Waals surface area contributed by atoms with Crippen molar-refractivity contribution in [3.8, 4) is 0 Å². The van der Waals surface area contributed by atoms with Gasteiger partial charge in [-0.25, -0.2) is 4.79 Å². The molecule has 0 saturated heterocycles. The smallest absolute Gasteiger partial charge is 0.471 e. The lowest BCUT2D eigenvalue weighted by Crippen LogP contribution is -2.50. The first-order chi connectivity index (χ1) is 7.57. The van der Waals surface area contributed by atoms with Crippen molar-refractivity contribution >= 4 is 11.9 Å². The molecule has 1 atom stereocenters. The Morgan fingerprint density at radius 3 is 2.12 bits per heavy atom. The number of hydrogen-bond acceptors (Lipinski definition) is 3. The van der Waals surface area contributed by atoms with Gasteiger partial charge < -0.3 is 14.7 Å². The van der Waals surface area contributed by atoms with E-state index in [4.69, 9.17) is 9.84 Å². The van der Waals surface area contributed by atoms with Crippen molar-refractivity contribution in [3.05, 3.63) is 0 Å². The van der Waals surface area contributed by atoms with Gasteiger partial charge in [-0.2, -0.15) is 13.2 Å². The van der Waals surface area contributed by atoms with Crippen LogP contribution >= 0.6 is 0 Å². The maximum absolute atomic E-state index is 12.1. The molecule has 0 aliphatic rings. The van der Waals surface area contributed by atoms with Gasteiger partial charge in [0.05, 0.1) is 12.7 Å². The number of hydrogen-bond donors (Lipinski definition) is 1. The van der Waals surface area contributed by atoms with Crippen LogP contribution in [0.4, 0.5) is 13.2 Å². The van der Waals surface area contributed by atoms with Gasteiger partial charge in [0.1, 0.15) is 0 Å². The van der Waals surface area contributed by atoms with E-state index in [9.17, 15) is 22.8 Å². The van der Waals surface area contributed by atoms with E-state index in [1.807, 2.05) is 0 Å². The average molecular weight is 257 g/mol. The molecule has 100 valence electrons. The quantitative estimate of drug-likeness (QED) is 0.794. The van der Waals surface area contributed by atoms with Gasteiger partial charge in [-0.3, -0.25) is 4.79 Å². The lowest BCUT2D eigenvalue weighted by Gasteiger charge is -2.26. The summed E-state index contributed by atoms with van der Waals surface area (Å²) in [7, 11) is 0.776. The Morgan fingerprint density at radius 1 is 1.35 bits per heavy atom. The van der Waals surface area contributed by atoms with Gasteiger partial charge in [-0.15, -0.1) is 0 Å². The number of alkyl halides is 3. The Morgan fingerprint density at radius 2 is 1.82 bits per heavy atom. The van der Waals surface area contributed by atoms with E-state index in [2.05, 4.69) is 0 Å². The number of ether oxygens (including phenoxy) is 1. The molecule has 1 N–H and O–H groups in total. The topological polar surface area (TPSA) is 66.8 Å². The Kier molecular flexibility index (Phi) is 5.40. The largest absolute Gasteiger partial charge is 0.480 e. The Hall–Kier alpha value is -1.31. The van der Waals surface area contributed by atoms with Crippen LogP contribution in [0, 0.1) is 0 Å². The van der Waals surface area contributed by atoms with Crippen LogP contribution in [0.2, 0.25) is 0 Å². The van der Waals surface area contributed by atoms with Gasteiger partial charge in [0.25, 0.3) is 0 Å². The van der Waals surface area contributed by atoms with Crippen molar-refractivity contribution < 1.29 is 32.6 Å². The number of carbonyl (C=O) groups excluding carboxylic acids is 1. The lowest BCUT2D eigenvalue weighted by molar-refractivity contribution is -0.189. The van der Waals surface area contributed by atoms with Crippen LogP contribution < -0.4 is 0 Å².